The number of nitrogens with zero attached hydrogens (tertiary/aromatic N) is 1. The first-order valence-electron chi connectivity index (χ1n) is 7.83. The van der Waals surface area contributed by atoms with E-state index >= 15 is 0 Å². The Morgan fingerprint density at radius 1 is 1.38 bits per heavy atom. The van der Waals surface area contributed by atoms with Crippen LogP contribution in [0.3, 0.4) is 0 Å². The average Bonchev–Trinajstić information content (AvgIpc) is 2.80. The van der Waals surface area contributed by atoms with Crippen molar-refractivity contribution in [3.05, 3.63) is 35.9 Å². The lowest BCUT2D eigenvalue weighted by atomic mass is 10.1. The summed E-state index contributed by atoms with van der Waals surface area (Å²) in [6.07, 6.45) is 1.03. The summed E-state index contributed by atoms with van der Waals surface area (Å²) in [5, 5.41) is 6.24. The van der Waals surface area contributed by atoms with E-state index in [-0.39, 0.29) is 17.9 Å². The third kappa shape index (κ3) is 4.55. The molecule has 3 unspecified atom stereocenters. The van der Waals surface area contributed by atoms with Crippen LogP contribution in [-0.4, -0.2) is 43.0 Å². The number of amides is 1. The quantitative estimate of drug-likeness (QED) is 0.836. The largest absolute Gasteiger partial charge is 0.352 e. The minimum absolute atomic E-state index is 0.0217. The van der Waals surface area contributed by atoms with Gasteiger partial charge in [0.25, 0.3) is 0 Å². The van der Waals surface area contributed by atoms with E-state index in [1.807, 2.05) is 20.0 Å². The molecule has 4 heteroatoms. The van der Waals surface area contributed by atoms with Crippen molar-refractivity contribution in [2.24, 2.45) is 5.92 Å². The number of likely N-dealkylation sites (tertiary alicyclic amines) is 1. The van der Waals surface area contributed by atoms with Crippen LogP contribution in [0.4, 0.5) is 0 Å². The van der Waals surface area contributed by atoms with E-state index in [1.54, 1.807) is 0 Å². The molecule has 4 nitrogen and oxygen atoms in total. The number of hydrogen-bond acceptors (Lipinski definition) is 3. The first kappa shape index (κ1) is 16.0. The molecule has 2 rings (SSSR count). The van der Waals surface area contributed by atoms with Crippen LogP contribution >= 0.6 is 0 Å². The van der Waals surface area contributed by atoms with Gasteiger partial charge in [-0.3, -0.25) is 9.69 Å². The van der Waals surface area contributed by atoms with E-state index in [2.05, 4.69) is 46.7 Å². The van der Waals surface area contributed by atoms with Gasteiger partial charge in [-0.2, -0.15) is 0 Å². The Morgan fingerprint density at radius 3 is 2.76 bits per heavy atom. The van der Waals surface area contributed by atoms with Gasteiger partial charge in [-0.05, 0) is 26.0 Å². The number of carbonyl (C=O) groups excluding carboxylic acids is 1. The molecule has 1 aromatic rings. The third-order valence-corrected chi connectivity index (χ3v) is 4.24. The number of hydrogen-bond donors (Lipinski definition) is 2. The van der Waals surface area contributed by atoms with Gasteiger partial charge in [0.05, 0.1) is 0 Å². The lowest BCUT2D eigenvalue weighted by molar-refractivity contribution is -0.125. The second kappa shape index (κ2) is 7.57. The summed E-state index contributed by atoms with van der Waals surface area (Å²) >= 11 is 0. The zero-order chi connectivity index (χ0) is 15.2. The molecule has 1 aliphatic heterocycles. The fraction of sp³-hybridized carbons (Fsp3) is 0.588. The molecule has 2 N–H and O–H groups in total. The van der Waals surface area contributed by atoms with Gasteiger partial charge in [0.2, 0.25) is 5.91 Å². The summed E-state index contributed by atoms with van der Waals surface area (Å²) in [6.45, 7) is 6.83. The summed E-state index contributed by atoms with van der Waals surface area (Å²) in [6, 6.07) is 11.3. The summed E-state index contributed by atoms with van der Waals surface area (Å²) in [5.41, 5.74) is 1.33. The van der Waals surface area contributed by atoms with Crippen molar-refractivity contribution in [3.8, 4) is 0 Å². The topological polar surface area (TPSA) is 44.4 Å². The molecule has 1 heterocycles. The number of benzene rings is 1. The Morgan fingerprint density at radius 2 is 2.10 bits per heavy atom. The van der Waals surface area contributed by atoms with Gasteiger partial charge in [0, 0.05) is 37.6 Å². The van der Waals surface area contributed by atoms with Crippen LogP contribution in [0.2, 0.25) is 0 Å². The van der Waals surface area contributed by atoms with E-state index in [0.29, 0.717) is 6.04 Å². The summed E-state index contributed by atoms with van der Waals surface area (Å²) < 4.78 is 0. The molecular formula is C17H27N3O. The van der Waals surface area contributed by atoms with Gasteiger partial charge in [0.15, 0.2) is 0 Å². The maximum atomic E-state index is 12.1. The van der Waals surface area contributed by atoms with Crippen LogP contribution in [0, 0.1) is 5.92 Å². The van der Waals surface area contributed by atoms with E-state index < -0.39 is 0 Å². The summed E-state index contributed by atoms with van der Waals surface area (Å²) in [5.74, 6) is 0.177. The highest BCUT2D eigenvalue weighted by atomic mass is 16.2. The first-order valence-corrected chi connectivity index (χ1v) is 7.83. The molecule has 1 aromatic carbocycles. The van der Waals surface area contributed by atoms with Gasteiger partial charge in [-0.1, -0.05) is 37.3 Å². The van der Waals surface area contributed by atoms with Crippen molar-refractivity contribution < 1.29 is 4.79 Å². The molecule has 1 saturated heterocycles. The van der Waals surface area contributed by atoms with Gasteiger partial charge < -0.3 is 10.6 Å². The molecule has 0 aliphatic carbocycles. The van der Waals surface area contributed by atoms with Crippen LogP contribution in [0.1, 0.15) is 25.8 Å². The molecule has 0 aromatic heterocycles. The molecule has 0 spiro atoms. The Bertz CT molecular complexity index is 449. The molecule has 1 fully saturated rings. The number of rotatable bonds is 6. The van der Waals surface area contributed by atoms with E-state index in [1.165, 1.54) is 5.56 Å². The molecule has 0 bridgehead atoms. The lowest BCUT2D eigenvalue weighted by Gasteiger charge is -2.21. The molecule has 3 atom stereocenters. The monoisotopic (exact) mass is 289 g/mol. The highest BCUT2D eigenvalue weighted by Crippen LogP contribution is 2.20. The van der Waals surface area contributed by atoms with Crippen molar-refractivity contribution in [1.29, 1.82) is 0 Å². The fourth-order valence-corrected chi connectivity index (χ4v) is 2.98. The zero-order valence-corrected chi connectivity index (χ0v) is 13.3. The standard InChI is InChI=1S/C17H27N3O/c1-13(10-18-3)17(21)19-16-9-14(2)20(12-16)11-15-7-5-4-6-8-15/h4-8,13-14,16,18H,9-12H2,1-3H3,(H,19,21). The van der Waals surface area contributed by atoms with Crippen LogP contribution in [0.5, 0.6) is 0 Å². The molecule has 116 valence electrons. The first-order chi connectivity index (χ1) is 10.1. The average molecular weight is 289 g/mol. The minimum atomic E-state index is 0.0217. The highest BCUT2D eigenvalue weighted by Gasteiger charge is 2.30. The second-order valence-corrected chi connectivity index (χ2v) is 6.16. The fourth-order valence-electron chi connectivity index (χ4n) is 2.98. The Balaban J connectivity index is 1.85. The van der Waals surface area contributed by atoms with E-state index in [0.717, 1.165) is 26.1 Å². The molecule has 0 radical (unpaired) electrons. The maximum absolute atomic E-state index is 12.1. The van der Waals surface area contributed by atoms with Crippen molar-refractivity contribution in [1.82, 2.24) is 15.5 Å². The Labute approximate surface area is 127 Å². The third-order valence-electron chi connectivity index (χ3n) is 4.24. The number of nitrogens with one attached hydrogen (secondary N) is 2. The van der Waals surface area contributed by atoms with Gasteiger partial charge in [-0.25, -0.2) is 0 Å². The number of carbonyl (C=O) groups is 1. The Kier molecular flexibility index (Phi) is 5.76. The van der Waals surface area contributed by atoms with Crippen molar-refractivity contribution >= 4 is 5.91 Å². The normalized spacial score (nSPS) is 24.0. The molecule has 0 saturated carbocycles. The molecule has 1 amide bonds. The van der Waals surface area contributed by atoms with Gasteiger partial charge >= 0.3 is 0 Å². The second-order valence-electron chi connectivity index (χ2n) is 6.16. The van der Waals surface area contributed by atoms with Crippen LogP contribution in [0.15, 0.2) is 30.3 Å². The van der Waals surface area contributed by atoms with Crippen molar-refractivity contribution in [2.75, 3.05) is 20.1 Å². The van der Waals surface area contributed by atoms with Crippen LogP contribution in [0.25, 0.3) is 0 Å². The predicted octanol–water partition coefficient (Wildman–Crippen LogP) is 1.62. The summed E-state index contributed by atoms with van der Waals surface area (Å²) in [4.78, 5) is 14.5. The summed E-state index contributed by atoms with van der Waals surface area (Å²) in [7, 11) is 1.88. The van der Waals surface area contributed by atoms with Crippen LogP contribution < -0.4 is 10.6 Å². The van der Waals surface area contributed by atoms with E-state index in [4.69, 9.17) is 0 Å². The predicted molar refractivity (Wildman–Crippen MR) is 86.0 cm³/mol. The van der Waals surface area contributed by atoms with Crippen molar-refractivity contribution in [2.45, 2.75) is 38.9 Å². The van der Waals surface area contributed by atoms with Gasteiger partial charge in [-0.15, -0.1) is 0 Å². The molecular weight excluding hydrogens is 262 g/mol. The Hall–Kier alpha value is -1.39. The molecule has 1 aliphatic rings. The zero-order valence-electron chi connectivity index (χ0n) is 13.3. The SMILES string of the molecule is CNCC(C)C(=O)NC1CC(C)N(Cc2ccccc2)C1. The smallest absolute Gasteiger partial charge is 0.224 e. The van der Waals surface area contributed by atoms with Crippen LogP contribution in [-0.2, 0) is 11.3 Å². The van der Waals surface area contributed by atoms with E-state index in [9.17, 15) is 4.79 Å². The van der Waals surface area contributed by atoms with Gasteiger partial charge in [0.1, 0.15) is 0 Å². The highest BCUT2D eigenvalue weighted by molar-refractivity contribution is 5.78. The lowest BCUT2D eigenvalue weighted by Crippen LogP contribution is -2.42. The van der Waals surface area contributed by atoms with Crippen molar-refractivity contribution in [3.63, 3.8) is 0 Å². The maximum Gasteiger partial charge on any atom is 0.224 e. The molecule has 21 heavy (non-hydrogen) atoms. The minimum Gasteiger partial charge on any atom is -0.352 e.